The Kier molecular flexibility index (Phi) is 5.24. The van der Waals surface area contributed by atoms with Crippen LogP contribution in [0, 0.1) is 10.1 Å². The van der Waals surface area contributed by atoms with E-state index in [4.69, 9.17) is 0 Å². The van der Waals surface area contributed by atoms with Gasteiger partial charge in [-0.15, -0.1) is 0 Å². The van der Waals surface area contributed by atoms with Gasteiger partial charge in [0.25, 0.3) is 5.69 Å². The standard InChI is InChI=1S/C18H21N3O4S/c1-19-10-12-20(13-11-19)17-9-5-6-15(18(17)21(22)23)14-26(24,25)16-7-3-2-4-8-16/h2-9H,10-14H2,1H3. The fraction of sp³-hybridized carbons (Fsp3) is 0.333. The van der Waals surface area contributed by atoms with Crippen LogP contribution in [0.5, 0.6) is 0 Å². The predicted molar refractivity (Wildman–Crippen MR) is 100 cm³/mol. The SMILES string of the molecule is CN1CCN(c2cccc(CS(=O)(=O)c3ccccc3)c2[N+](=O)[O-])CC1. The van der Waals surface area contributed by atoms with Crippen molar-refractivity contribution in [3.05, 3.63) is 64.2 Å². The molecular formula is C18H21N3O4S. The van der Waals surface area contributed by atoms with E-state index in [-0.39, 0.29) is 16.1 Å². The molecule has 0 saturated carbocycles. The summed E-state index contributed by atoms with van der Waals surface area (Å²) in [4.78, 5) is 15.6. The first kappa shape index (κ1) is 18.3. The molecule has 2 aromatic carbocycles. The number of hydrogen-bond donors (Lipinski definition) is 0. The Morgan fingerprint density at radius 3 is 2.27 bits per heavy atom. The van der Waals surface area contributed by atoms with Crippen LogP contribution in [0.2, 0.25) is 0 Å². The lowest BCUT2D eigenvalue weighted by Gasteiger charge is -2.33. The number of anilines is 1. The van der Waals surface area contributed by atoms with Gasteiger partial charge in [-0.25, -0.2) is 8.42 Å². The van der Waals surface area contributed by atoms with Crippen molar-refractivity contribution in [2.75, 3.05) is 38.1 Å². The molecule has 138 valence electrons. The molecule has 0 unspecified atom stereocenters. The lowest BCUT2D eigenvalue weighted by molar-refractivity contribution is -0.384. The first-order chi connectivity index (χ1) is 12.4. The summed E-state index contributed by atoms with van der Waals surface area (Å²) in [5.74, 6) is -0.394. The van der Waals surface area contributed by atoms with E-state index in [1.165, 1.54) is 18.2 Å². The zero-order chi connectivity index (χ0) is 18.7. The van der Waals surface area contributed by atoms with Crippen molar-refractivity contribution in [2.45, 2.75) is 10.6 Å². The third kappa shape index (κ3) is 3.86. The molecule has 0 aliphatic carbocycles. The van der Waals surface area contributed by atoms with Crippen molar-refractivity contribution >= 4 is 21.2 Å². The summed E-state index contributed by atoms with van der Waals surface area (Å²) >= 11 is 0. The third-order valence-electron chi connectivity index (χ3n) is 4.57. The number of nitrogens with zero attached hydrogens (tertiary/aromatic N) is 3. The average Bonchev–Trinajstić information content (AvgIpc) is 2.62. The molecule has 0 radical (unpaired) electrons. The van der Waals surface area contributed by atoms with Gasteiger partial charge in [0.2, 0.25) is 0 Å². The van der Waals surface area contributed by atoms with E-state index in [1.54, 1.807) is 30.3 Å². The van der Waals surface area contributed by atoms with E-state index in [0.29, 0.717) is 18.8 Å². The van der Waals surface area contributed by atoms with Crippen LogP contribution in [0.15, 0.2) is 53.4 Å². The first-order valence-electron chi connectivity index (χ1n) is 8.36. The van der Waals surface area contributed by atoms with Gasteiger partial charge in [0.05, 0.1) is 15.6 Å². The molecule has 0 spiro atoms. The highest BCUT2D eigenvalue weighted by Gasteiger charge is 2.28. The third-order valence-corrected chi connectivity index (χ3v) is 6.25. The monoisotopic (exact) mass is 375 g/mol. The summed E-state index contributed by atoms with van der Waals surface area (Å²) in [5, 5.41) is 11.7. The highest BCUT2D eigenvalue weighted by atomic mass is 32.2. The molecule has 1 aliphatic heterocycles. The quantitative estimate of drug-likeness (QED) is 0.589. The topological polar surface area (TPSA) is 83.8 Å². The Bertz CT molecular complexity index is 892. The van der Waals surface area contributed by atoms with Gasteiger partial charge in [-0.3, -0.25) is 10.1 Å². The largest absolute Gasteiger partial charge is 0.363 e. The zero-order valence-corrected chi connectivity index (χ0v) is 15.4. The van der Waals surface area contributed by atoms with Gasteiger partial charge >= 0.3 is 0 Å². The van der Waals surface area contributed by atoms with E-state index in [9.17, 15) is 18.5 Å². The number of likely N-dealkylation sites (N-methyl/N-ethyl adjacent to an activating group) is 1. The predicted octanol–water partition coefficient (Wildman–Crippen LogP) is 2.32. The highest BCUT2D eigenvalue weighted by molar-refractivity contribution is 7.90. The molecule has 0 N–H and O–H groups in total. The maximum Gasteiger partial charge on any atom is 0.296 e. The summed E-state index contributed by atoms with van der Waals surface area (Å²) < 4.78 is 25.3. The molecule has 0 aromatic heterocycles. The molecular weight excluding hydrogens is 354 g/mol. The minimum Gasteiger partial charge on any atom is -0.363 e. The minimum absolute atomic E-state index is 0.114. The molecule has 0 amide bonds. The summed E-state index contributed by atoms with van der Waals surface area (Å²) in [5.41, 5.74) is 0.593. The minimum atomic E-state index is -3.66. The summed E-state index contributed by atoms with van der Waals surface area (Å²) in [6.45, 7) is 2.96. The second-order valence-corrected chi connectivity index (χ2v) is 8.39. The summed E-state index contributed by atoms with van der Waals surface area (Å²) in [6.07, 6.45) is 0. The molecule has 1 heterocycles. The number of sulfone groups is 1. The van der Waals surface area contributed by atoms with Gasteiger partial charge in [0.15, 0.2) is 9.84 Å². The number of benzene rings is 2. The van der Waals surface area contributed by atoms with Gasteiger partial charge in [0, 0.05) is 31.7 Å². The van der Waals surface area contributed by atoms with Crippen LogP contribution in [-0.4, -0.2) is 51.5 Å². The van der Waals surface area contributed by atoms with Crippen LogP contribution in [0.1, 0.15) is 5.56 Å². The number of nitro groups is 1. The van der Waals surface area contributed by atoms with Crippen molar-refractivity contribution in [1.29, 1.82) is 0 Å². The molecule has 2 aromatic rings. The van der Waals surface area contributed by atoms with E-state index < -0.39 is 20.5 Å². The van der Waals surface area contributed by atoms with Gasteiger partial charge in [-0.05, 0) is 25.2 Å². The Balaban J connectivity index is 1.98. The van der Waals surface area contributed by atoms with Crippen molar-refractivity contribution < 1.29 is 13.3 Å². The van der Waals surface area contributed by atoms with Gasteiger partial charge in [-0.2, -0.15) is 0 Å². The van der Waals surface area contributed by atoms with Crippen molar-refractivity contribution in [1.82, 2.24) is 4.90 Å². The fourth-order valence-corrected chi connectivity index (χ4v) is 4.50. The lowest BCUT2D eigenvalue weighted by Crippen LogP contribution is -2.44. The van der Waals surface area contributed by atoms with E-state index in [2.05, 4.69) is 4.90 Å². The van der Waals surface area contributed by atoms with Crippen LogP contribution >= 0.6 is 0 Å². The normalized spacial score (nSPS) is 15.8. The molecule has 26 heavy (non-hydrogen) atoms. The summed E-state index contributed by atoms with van der Waals surface area (Å²) in [6, 6.07) is 12.9. The first-order valence-corrected chi connectivity index (χ1v) is 10.0. The van der Waals surface area contributed by atoms with Crippen LogP contribution in [-0.2, 0) is 15.6 Å². The Morgan fingerprint density at radius 1 is 1.00 bits per heavy atom. The molecule has 1 saturated heterocycles. The second-order valence-electron chi connectivity index (χ2n) is 6.40. The molecule has 0 atom stereocenters. The van der Waals surface area contributed by atoms with Crippen molar-refractivity contribution in [3.8, 4) is 0 Å². The lowest BCUT2D eigenvalue weighted by atomic mass is 10.1. The molecule has 7 nitrogen and oxygen atoms in total. The number of nitro benzene ring substituents is 1. The van der Waals surface area contributed by atoms with Gasteiger partial charge in [0.1, 0.15) is 5.69 Å². The Labute approximate surface area is 152 Å². The Hall–Kier alpha value is -2.45. The van der Waals surface area contributed by atoms with Gasteiger partial charge < -0.3 is 9.80 Å². The summed E-state index contributed by atoms with van der Waals surface area (Å²) in [7, 11) is -1.65. The maximum atomic E-state index is 12.7. The van der Waals surface area contributed by atoms with Crippen LogP contribution in [0.25, 0.3) is 0 Å². The number of para-hydroxylation sites is 1. The Morgan fingerprint density at radius 2 is 1.65 bits per heavy atom. The molecule has 3 rings (SSSR count). The number of hydrogen-bond acceptors (Lipinski definition) is 6. The van der Waals surface area contributed by atoms with Crippen LogP contribution in [0.3, 0.4) is 0 Å². The van der Waals surface area contributed by atoms with Crippen LogP contribution in [0.4, 0.5) is 11.4 Å². The molecule has 8 heteroatoms. The van der Waals surface area contributed by atoms with E-state index >= 15 is 0 Å². The smallest absolute Gasteiger partial charge is 0.296 e. The van der Waals surface area contributed by atoms with E-state index in [0.717, 1.165) is 13.1 Å². The highest BCUT2D eigenvalue weighted by Crippen LogP contribution is 2.34. The molecule has 1 fully saturated rings. The molecule has 1 aliphatic rings. The van der Waals surface area contributed by atoms with Crippen molar-refractivity contribution in [2.24, 2.45) is 0 Å². The average molecular weight is 375 g/mol. The van der Waals surface area contributed by atoms with Crippen molar-refractivity contribution in [3.63, 3.8) is 0 Å². The fourth-order valence-electron chi connectivity index (χ4n) is 3.12. The van der Waals surface area contributed by atoms with Crippen LogP contribution < -0.4 is 4.90 Å². The number of rotatable bonds is 5. The number of piperazine rings is 1. The second kappa shape index (κ2) is 7.43. The maximum absolute atomic E-state index is 12.7. The van der Waals surface area contributed by atoms with E-state index in [1.807, 2.05) is 11.9 Å². The zero-order valence-electron chi connectivity index (χ0n) is 14.5. The molecule has 0 bridgehead atoms. The van der Waals surface area contributed by atoms with Gasteiger partial charge in [-0.1, -0.05) is 30.3 Å².